The summed E-state index contributed by atoms with van der Waals surface area (Å²) in [6, 6.07) is 6.07. The van der Waals surface area contributed by atoms with Gasteiger partial charge in [0.25, 0.3) is 0 Å². The minimum absolute atomic E-state index is 0.0563. The molecule has 0 aromatic heterocycles. The van der Waals surface area contributed by atoms with Crippen molar-refractivity contribution in [2.45, 2.75) is 39.3 Å². The standard InChI is InChI=1S/C14H22FNO/c1-10(2)8-9-17-11(3)14(16)12-4-6-13(15)7-5-12/h4-7,10-11,14H,8-9,16H2,1-3H3. The summed E-state index contributed by atoms with van der Waals surface area (Å²) in [5.41, 5.74) is 6.96. The first-order chi connectivity index (χ1) is 8.00. The summed E-state index contributed by atoms with van der Waals surface area (Å²) in [6.45, 7) is 6.99. The van der Waals surface area contributed by atoms with Crippen molar-refractivity contribution < 1.29 is 9.13 Å². The lowest BCUT2D eigenvalue weighted by molar-refractivity contribution is 0.0416. The molecular formula is C14H22FNO. The third-order valence-corrected chi connectivity index (χ3v) is 2.84. The highest BCUT2D eigenvalue weighted by Gasteiger charge is 2.15. The molecule has 0 radical (unpaired) electrons. The maximum Gasteiger partial charge on any atom is 0.123 e. The minimum Gasteiger partial charge on any atom is -0.377 e. The summed E-state index contributed by atoms with van der Waals surface area (Å²) in [5, 5.41) is 0. The second-order valence-electron chi connectivity index (χ2n) is 4.84. The van der Waals surface area contributed by atoms with Gasteiger partial charge in [-0.25, -0.2) is 4.39 Å². The molecule has 96 valence electrons. The van der Waals surface area contributed by atoms with Crippen molar-refractivity contribution in [1.29, 1.82) is 0 Å². The third kappa shape index (κ3) is 4.84. The van der Waals surface area contributed by atoms with Crippen molar-refractivity contribution in [1.82, 2.24) is 0 Å². The molecule has 0 aliphatic rings. The van der Waals surface area contributed by atoms with Crippen molar-refractivity contribution in [2.24, 2.45) is 11.7 Å². The van der Waals surface area contributed by atoms with Gasteiger partial charge in [-0.15, -0.1) is 0 Å². The van der Waals surface area contributed by atoms with Gasteiger partial charge in [0.15, 0.2) is 0 Å². The predicted molar refractivity (Wildman–Crippen MR) is 68.2 cm³/mol. The van der Waals surface area contributed by atoms with Gasteiger partial charge in [0.1, 0.15) is 5.82 Å². The Morgan fingerprint density at radius 2 is 1.76 bits per heavy atom. The molecule has 2 nitrogen and oxygen atoms in total. The second-order valence-corrected chi connectivity index (χ2v) is 4.84. The summed E-state index contributed by atoms with van der Waals surface area (Å²) in [6.07, 6.45) is 0.972. The zero-order valence-corrected chi connectivity index (χ0v) is 10.8. The first kappa shape index (κ1) is 14.1. The van der Waals surface area contributed by atoms with Gasteiger partial charge >= 0.3 is 0 Å². The number of ether oxygens (including phenoxy) is 1. The Balaban J connectivity index is 2.45. The fourth-order valence-electron chi connectivity index (χ4n) is 1.55. The van der Waals surface area contributed by atoms with Gasteiger partial charge in [-0.05, 0) is 37.0 Å². The Morgan fingerprint density at radius 3 is 2.29 bits per heavy atom. The summed E-state index contributed by atoms with van der Waals surface area (Å²) in [7, 11) is 0. The van der Waals surface area contributed by atoms with E-state index in [-0.39, 0.29) is 18.0 Å². The van der Waals surface area contributed by atoms with Gasteiger partial charge < -0.3 is 10.5 Å². The van der Waals surface area contributed by atoms with E-state index in [9.17, 15) is 4.39 Å². The van der Waals surface area contributed by atoms with Crippen LogP contribution in [0.2, 0.25) is 0 Å². The number of rotatable bonds is 6. The van der Waals surface area contributed by atoms with E-state index in [1.54, 1.807) is 12.1 Å². The van der Waals surface area contributed by atoms with Crippen LogP contribution in [0.3, 0.4) is 0 Å². The summed E-state index contributed by atoms with van der Waals surface area (Å²) in [4.78, 5) is 0. The van der Waals surface area contributed by atoms with Crippen LogP contribution in [0.5, 0.6) is 0 Å². The lowest BCUT2D eigenvalue weighted by Gasteiger charge is -2.21. The Hall–Kier alpha value is -0.930. The lowest BCUT2D eigenvalue weighted by Crippen LogP contribution is -2.26. The molecule has 0 amide bonds. The molecule has 0 aliphatic heterocycles. The number of halogens is 1. The first-order valence-electron chi connectivity index (χ1n) is 6.13. The van der Waals surface area contributed by atoms with Crippen LogP contribution in [0.1, 0.15) is 38.8 Å². The quantitative estimate of drug-likeness (QED) is 0.826. The normalized spacial score (nSPS) is 14.9. The fourth-order valence-corrected chi connectivity index (χ4v) is 1.55. The summed E-state index contributed by atoms with van der Waals surface area (Å²) < 4.78 is 18.5. The number of hydrogen-bond acceptors (Lipinski definition) is 2. The first-order valence-corrected chi connectivity index (χ1v) is 6.13. The minimum atomic E-state index is -0.241. The van der Waals surface area contributed by atoms with E-state index >= 15 is 0 Å². The Kier molecular flexibility index (Phi) is 5.59. The van der Waals surface area contributed by atoms with Crippen LogP contribution in [0.15, 0.2) is 24.3 Å². The molecule has 3 heteroatoms. The smallest absolute Gasteiger partial charge is 0.123 e. The van der Waals surface area contributed by atoms with Crippen LogP contribution >= 0.6 is 0 Å². The molecule has 0 saturated heterocycles. The topological polar surface area (TPSA) is 35.2 Å². The maximum atomic E-state index is 12.8. The molecule has 0 heterocycles. The third-order valence-electron chi connectivity index (χ3n) is 2.84. The van der Waals surface area contributed by atoms with Crippen LogP contribution in [0.4, 0.5) is 4.39 Å². The molecule has 1 aromatic rings. The van der Waals surface area contributed by atoms with E-state index in [0.29, 0.717) is 12.5 Å². The molecule has 0 fully saturated rings. The summed E-state index contributed by atoms with van der Waals surface area (Å²) in [5.74, 6) is 0.388. The monoisotopic (exact) mass is 239 g/mol. The molecule has 1 aromatic carbocycles. The highest BCUT2D eigenvalue weighted by atomic mass is 19.1. The molecule has 0 spiro atoms. The van der Waals surface area contributed by atoms with E-state index in [4.69, 9.17) is 10.5 Å². The largest absolute Gasteiger partial charge is 0.377 e. The van der Waals surface area contributed by atoms with Crippen LogP contribution in [0.25, 0.3) is 0 Å². The van der Waals surface area contributed by atoms with Crippen LogP contribution in [-0.2, 0) is 4.74 Å². The van der Waals surface area contributed by atoms with E-state index in [2.05, 4.69) is 13.8 Å². The van der Waals surface area contributed by atoms with E-state index < -0.39 is 0 Å². The van der Waals surface area contributed by atoms with Gasteiger partial charge in [-0.1, -0.05) is 26.0 Å². The highest BCUT2D eigenvalue weighted by Crippen LogP contribution is 2.17. The average Bonchev–Trinajstić information content (AvgIpc) is 2.28. The molecular weight excluding hydrogens is 217 g/mol. The van der Waals surface area contributed by atoms with Crippen molar-refractivity contribution in [3.05, 3.63) is 35.6 Å². The van der Waals surface area contributed by atoms with Gasteiger partial charge in [0, 0.05) is 6.61 Å². The zero-order chi connectivity index (χ0) is 12.8. The molecule has 2 N–H and O–H groups in total. The number of benzene rings is 1. The summed E-state index contributed by atoms with van der Waals surface area (Å²) >= 11 is 0. The number of hydrogen-bond donors (Lipinski definition) is 1. The molecule has 0 aliphatic carbocycles. The van der Waals surface area contributed by atoms with Crippen LogP contribution in [-0.4, -0.2) is 12.7 Å². The molecule has 1 rings (SSSR count). The van der Waals surface area contributed by atoms with Crippen molar-refractivity contribution in [2.75, 3.05) is 6.61 Å². The molecule has 2 unspecified atom stereocenters. The van der Waals surface area contributed by atoms with Crippen LogP contribution in [0, 0.1) is 11.7 Å². The van der Waals surface area contributed by atoms with Gasteiger partial charge in [0.05, 0.1) is 12.1 Å². The van der Waals surface area contributed by atoms with E-state index in [0.717, 1.165) is 12.0 Å². The van der Waals surface area contributed by atoms with Gasteiger partial charge in [-0.3, -0.25) is 0 Å². The molecule has 0 bridgehead atoms. The lowest BCUT2D eigenvalue weighted by atomic mass is 10.0. The molecule has 2 atom stereocenters. The molecule has 0 saturated carbocycles. The van der Waals surface area contributed by atoms with E-state index in [1.165, 1.54) is 12.1 Å². The predicted octanol–water partition coefficient (Wildman–Crippen LogP) is 3.28. The Morgan fingerprint density at radius 1 is 1.18 bits per heavy atom. The van der Waals surface area contributed by atoms with Gasteiger partial charge in [0.2, 0.25) is 0 Å². The SMILES string of the molecule is CC(C)CCOC(C)C(N)c1ccc(F)cc1. The second kappa shape index (κ2) is 6.72. The van der Waals surface area contributed by atoms with Crippen molar-refractivity contribution >= 4 is 0 Å². The molecule has 17 heavy (non-hydrogen) atoms. The highest BCUT2D eigenvalue weighted by molar-refractivity contribution is 5.20. The Bertz CT molecular complexity index is 323. The van der Waals surface area contributed by atoms with Gasteiger partial charge in [-0.2, -0.15) is 0 Å². The van der Waals surface area contributed by atoms with Crippen LogP contribution < -0.4 is 5.73 Å². The van der Waals surface area contributed by atoms with Crippen molar-refractivity contribution in [3.63, 3.8) is 0 Å². The maximum absolute atomic E-state index is 12.8. The zero-order valence-electron chi connectivity index (χ0n) is 10.8. The number of nitrogens with two attached hydrogens (primary N) is 1. The average molecular weight is 239 g/mol. The Labute approximate surface area is 103 Å². The van der Waals surface area contributed by atoms with Crippen molar-refractivity contribution in [3.8, 4) is 0 Å². The fraction of sp³-hybridized carbons (Fsp3) is 0.571. The van der Waals surface area contributed by atoms with E-state index in [1.807, 2.05) is 6.92 Å².